The van der Waals surface area contributed by atoms with Crippen molar-refractivity contribution in [1.29, 1.82) is 0 Å². The minimum Gasteiger partial charge on any atom is -0.315 e. The fourth-order valence-electron chi connectivity index (χ4n) is 6.31. The van der Waals surface area contributed by atoms with Crippen LogP contribution < -0.4 is 5.32 Å². The van der Waals surface area contributed by atoms with Crippen LogP contribution in [0.1, 0.15) is 65.7 Å². The molecule has 0 radical (unpaired) electrons. The van der Waals surface area contributed by atoms with Gasteiger partial charge in [0.05, 0.1) is 0 Å². The van der Waals surface area contributed by atoms with Crippen molar-refractivity contribution >= 4 is 0 Å². The van der Waals surface area contributed by atoms with Gasteiger partial charge in [-0.1, -0.05) is 13.8 Å². The van der Waals surface area contributed by atoms with Gasteiger partial charge < -0.3 is 5.32 Å². The smallest absolute Gasteiger partial charge is 0.0248 e. The summed E-state index contributed by atoms with van der Waals surface area (Å²) in [6, 6.07) is 1.43. The van der Waals surface area contributed by atoms with Crippen molar-refractivity contribution in [2.45, 2.75) is 77.8 Å². The zero-order valence-electron chi connectivity index (χ0n) is 14.7. The topological polar surface area (TPSA) is 15.3 Å². The van der Waals surface area contributed by atoms with E-state index in [4.69, 9.17) is 0 Å². The van der Waals surface area contributed by atoms with E-state index >= 15 is 0 Å². The summed E-state index contributed by atoms with van der Waals surface area (Å²) in [7, 11) is 2.22. The molecule has 0 amide bonds. The Kier molecular flexibility index (Phi) is 4.66. The van der Waals surface area contributed by atoms with Gasteiger partial charge in [0.1, 0.15) is 0 Å². The number of likely N-dealkylation sites (N-methyl/N-ethyl adjacent to an activating group) is 2. The zero-order valence-corrected chi connectivity index (χ0v) is 14.7. The van der Waals surface area contributed by atoms with E-state index in [1.807, 2.05) is 0 Å². The highest BCUT2D eigenvalue weighted by atomic mass is 15.2. The molecular formula is C19H36N2. The molecule has 4 aliphatic rings. The van der Waals surface area contributed by atoms with E-state index in [0.29, 0.717) is 11.5 Å². The highest BCUT2D eigenvalue weighted by molar-refractivity contribution is 5.06. The van der Waals surface area contributed by atoms with Crippen molar-refractivity contribution in [2.75, 3.05) is 20.1 Å². The van der Waals surface area contributed by atoms with Gasteiger partial charge in [-0.2, -0.15) is 0 Å². The minimum absolute atomic E-state index is 0.629. The van der Waals surface area contributed by atoms with Gasteiger partial charge in [0.15, 0.2) is 0 Å². The summed E-state index contributed by atoms with van der Waals surface area (Å²) < 4.78 is 0. The van der Waals surface area contributed by atoms with Gasteiger partial charge in [0, 0.05) is 18.6 Å². The van der Waals surface area contributed by atoms with Crippen molar-refractivity contribution in [1.82, 2.24) is 10.2 Å². The normalized spacial score (nSPS) is 40.7. The Morgan fingerprint density at radius 2 is 1.57 bits per heavy atom. The molecule has 0 aromatic carbocycles. The molecule has 4 aliphatic carbocycles. The summed E-state index contributed by atoms with van der Waals surface area (Å²) in [5, 5.41) is 3.76. The molecule has 0 spiro atoms. The molecule has 0 heterocycles. The molecule has 0 aromatic rings. The Hall–Kier alpha value is -0.0800. The molecule has 2 nitrogen and oxygen atoms in total. The monoisotopic (exact) mass is 292 g/mol. The first-order chi connectivity index (χ1) is 10.1. The molecule has 2 heteroatoms. The van der Waals surface area contributed by atoms with Gasteiger partial charge in [-0.25, -0.2) is 0 Å². The van der Waals surface area contributed by atoms with Crippen LogP contribution in [0.5, 0.6) is 0 Å². The summed E-state index contributed by atoms with van der Waals surface area (Å²) in [4.78, 5) is 2.71. The maximum Gasteiger partial charge on any atom is 0.0248 e. The summed E-state index contributed by atoms with van der Waals surface area (Å²) >= 11 is 0. The van der Waals surface area contributed by atoms with E-state index in [-0.39, 0.29) is 0 Å². The molecule has 4 rings (SSSR count). The largest absolute Gasteiger partial charge is 0.315 e. The van der Waals surface area contributed by atoms with E-state index in [0.717, 1.165) is 23.8 Å². The average molecular weight is 293 g/mol. The van der Waals surface area contributed by atoms with Crippen LogP contribution in [0.2, 0.25) is 0 Å². The second-order valence-electron chi connectivity index (χ2n) is 8.47. The third-order valence-electron chi connectivity index (χ3n) is 7.21. The average Bonchev–Trinajstić information content (AvgIpc) is 2.46. The van der Waals surface area contributed by atoms with Crippen LogP contribution in [-0.4, -0.2) is 37.1 Å². The zero-order chi connectivity index (χ0) is 15.0. The van der Waals surface area contributed by atoms with Gasteiger partial charge in [0.2, 0.25) is 0 Å². The Bertz CT molecular complexity index is 316. The highest BCUT2D eigenvalue weighted by Crippen LogP contribution is 2.61. The minimum atomic E-state index is 0.629. The third kappa shape index (κ3) is 2.91. The van der Waals surface area contributed by atoms with Crippen LogP contribution in [0, 0.1) is 23.2 Å². The van der Waals surface area contributed by atoms with Gasteiger partial charge >= 0.3 is 0 Å². The molecule has 4 bridgehead atoms. The summed E-state index contributed by atoms with van der Waals surface area (Å²) in [5.74, 6) is 3.18. The molecule has 0 aromatic heterocycles. The van der Waals surface area contributed by atoms with Crippen molar-refractivity contribution in [3.63, 3.8) is 0 Å². The number of nitrogens with one attached hydrogen (secondary N) is 1. The lowest BCUT2D eigenvalue weighted by molar-refractivity contribution is -0.0788. The summed E-state index contributed by atoms with van der Waals surface area (Å²) in [5.41, 5.74) is 0.629. The quantitative estimate of drug-likeness (QED) is 0.765. The number of hydrogen-bond donors (Lipinski definition) is 1. The molecule has 0 aliphatic heterocycles. The lowest BCUT2D eigenvalue weighted by Gasteiger charge is -2.60. The molecule has 2 atom stereocenters. The highest BCUT2D eigenvalue weighted by Gasteiger charge is 2.53. The number of hydrogen-bond acceptors (Lipinski definition) is 2. The number of nitrogens with zero attached hydrogens (tertiary/aromatic N) is 1. The molecular weight excluding hydrogens is 256 g/mol. The molecule has 4 saturated carbocycles. The Morgan fingerprint density at radius 3 is 1.95 bits per heavy atom. The van der Waals surface area contributed by atoms with E-state index in [1.54, 1.807) is 19.3 Å². The molecule has 21 heavy (non-hydrogen) atoms. The first-order valence-electron chi connectivity index (χ1n) is 9.51. The number of rotatable bonds is 7. The summed E-state index contributed by atoms with van der Waals surface area (Å²) in [6.45, 7) is 9.51. The second-order valence-corrected chi connectivity index (χ2v) is 8.47. The summed E-state index contributed by atoms with van der Waals surface area (Å²) in [6.07, 6.45) is 10.5. The molecule has 0 saturated heterocycles. The van der Waals surface area contributed by atoms with Crippen molar-refractivity contribution in [3.05, 3.63) is 0 Å². The van der Waals surface area contributed by atoms with Crippen LogP contribution >= 0.6 is 0 Å². The first kappa shape index (κ1) is 15.8. The molecule has 122 valence electrons. The first-order valence-corrected chi connectivity index (χ1v) is 9.51. The van der Waals surface area contributed by atoms with Crippen molar-refractivity contribution in [3.8, 4) is 0 Å². The SMILES string of the molecule is CCC(C)N(CC)CC(NC)C12CC3CC(CC(C3)C1)C2. The molecule has 1 N–H and O–H groups in total. The van der Waals surface area contributed by atoms with Gasteiger partial charge in [-0.3, -0.25) is 4.90 Å². The lowest BCUT2D eigenvalue weighted by Crippen LogP contribution is -2.59. The van der Waals surface area contributed by atoms with Gasteiger partial charge in [-0.15, -0.1) is 0 Å². The third-order valence-corrected chi connectivity index (χ3v) is 7.21. The predicted molar refractivity (Wildman–Crippen MR) is 90.5 cm³/mol. The van der Waals surface area contributed by atoms with Crippen LogP contribution in [0.25, 0.3) is 0 Å². The van der Waals surface area contributed by atoms with Crippen LogP contribution in [0.3, 0.4) is 0 Å². The standard InChI is InChI=1S/C19H36N2/c1-5-14(3)21(6-2)13-18(20-4)19-10-15-7-16(11-19)9-17(8-15)12-19/h14-18,20H,5-13H2,1-4H3. The van der Waals surface area contributed by atoms with E-state index < -0.39 is 0 Å². The maximum absolute atomic E-state index is 3.76. The van der Waals surface area contributed by atoms with E-state index in [2.05, 4.69) is 38.0 Å². The lowest BCUT2D eigenvalue weighted by atomic mass is 9.47. The van der Waals surface area contributed by atoms with E-state index in [1.165, 1.54) is 38.8 Å². The predicted octanol–water partition coefficient (Wildman–Crippen LogP) is 3.91. The van der Waals surface area contributed by atoms with E-state index in [9.17, 15) is 0 Å². The molecule has 2 unspecified atom stereocenters. The fourth-order valence-corrected chi connectivity index (χ4v) is 6.31. The maximum atomic E-state index is 3.76. The van der Waals surface area contributed by atoms with Gasteiger partial charge in [0.25, 0.3) is 0 Å². The van der Waals surface area contributed by atoms with Crippen LogP contribution in [0.15, 0.2) is 0 Å². The Balaban J connectivity index is 1.73. The molecule has 4 fully saturated rings. The van der Waals surface area contributed by atoms with Crippen LogP contribution in [0.4, 0.5) is 0 Å². The van der Waals surface area contributed by atoms with Gasteiger partial charge in [-0.05, 0) is 88.6 Å². The van der Waals surface area contributed by atoms with Crippen molar-refractivity contribution in [2.24, 2.45) is 23.2 Å². The Morgan fingerprint density at radius 1 is 1.05 bits per heavy atom. The Labute approximate surface area is 132 Å². The van der Waals surface area contributed by atoms with Crippen molar-refractivity contribution < 1.29 is 0 Å². The second kappa shape index (κ2) is 6.20. The fraction of sp³-hybridized carbons (Fsp3) is 1.00. The van der Waals surface area contributed by atoms with Crippen LogP contribution in [-0.2, 0) is 0 Å².